The van der Waals surface area contributed by atoms with Crippen LogP contribution >= 0.6 is 0 Å². The van der Waals surface area contributed by atoms with Crippen LogP contribution in [0.2, 0.25) is 0 Å². The molecule has 0 aliphatic carbocycles. The van der Waals surface area contributed by atoms with Crippen LogP contribution < -0.4 is 11.5 Å². The van der Waals surface area contributed by atoms with E-state index in [-0.39, 0.29) is 13.1 Å². The maximum Gasteiger partial charge on any atom is 0.320 e. The molecule has 2 rings (SSSR count). The summed E-state index contributed by atoms with van der Waals surface area (Å²) in [6.45, 7) is 1.68. The summed E-state index contributed by atoms with van der Waals surface area (Å²) in [5.41, 5.74) is 12.6. The van der Waals surface area contributed by atoms with E-state index in [1.807, 2.05) is 60.7 Å². The Hall–Kier alpha value is -3.27. The third-order valence-corrected chi connectivity index (χ3v) is 3.23. The summed E-state index contributed by atoms with van der Waals surface area (Å²) in [6.07, 6.45) is 0.770. The van der Waals surface area contributed by atoms with Crippen molar-refractivity contribution in [1.82, 2.24) is 0 Å². The molecule has 9 heteroatoms. The van der Waals surface area contributed by atoms with Crippen LogP contribution in [0.15, 0.2) is 60.7 Å². The van der Waals surface area contributed by atoms with Crippen LogP contribution in [0.25, 0.3) is 0 Å². The lowest BCUT2D eigenvalue weighted by Gasteiger charge is -2.04. The fraction of sp³-hybridized carbons (Fsp3) is 0.286. The summed E-state index contributed by atoms with van der Waals surface area (Å²) in [7, 11) is 0. The van der Waals surface area contributed by atoms with Crippen molar-refractivity contribution >= 4 is 18.4 Å². The van der Waals surface area contributed by atoms with Crippen LogP contribution in [0.1, 0.15) is 18.1 Å². The number of aliphatic hydroxyl groups is 1. The average Bonchev–Trinajstić information content (AvgIpc) is 2.71. The Morgan fingerprint density at radius 3 is 1.27 bits per heavy atom. The standard InChI is InChI=1S/2C9H11NO2.C2H6O.CH2O2/c2*10-8(9(11)12)6-7-4-2-1-3-5-7;1-2-3;2-1-3/h2*1-5,8H,6,10H2,(H,11,12);3H,2H2,1H3;1H,(H,2,3)/t2*8-;;/m00../s1. The molecule has 0 heterocycles. The number of carbonyl (C=O) groups is 3. The molecule has 0 bridgehead atoms. The SMILES string of the molecule is CCO.N[C@@H](Cc1ccccc1)C(=O)O.N[C@@H](Cc1ccccc1)C(=O)O.O=CO. The zero-order valence-corrected chi connectivity index (χ0v) is 16.8. The molecule has 0 unspecified atom stereocenters. The normalized spacial score (nSPS) is 10.9. The van der Waals surface area contributed by atoms with Crippen molar-refractivity contribution in [2.75, 3.05) is 6.61 Å². The summed E-state index contributed by atoms with van der Waals surface area (Å²) in [6, 6.07) is 17.1. The number of hydrogen-bond acceptors (Lipinski definition) is 6. The zero-order chi connectivity index (χ0) is 23.4. The summed E-state index contributed by atoms with van der Waals surface area (Å²) >= 11 is 0. The molecule has 0 fully saturated rings. The first-order chi connectivity index (χ1) is 14.2. The van der Waals surface area contributed by atoms with Gasteiger partial charge in [-0.15, -0.1) is 0 Å². The van der Waals surface area contributed by atoms with E-state index in [4.69, 9.17) is 36.7 Å². The quantitative estimate of drug-likeness (QED) is 0.369. The predicted octanol–water partition coefficient (Wildman–Crippen LogP) is 0.981. The molecule has 0 aliphatic heterocycles. The highest BCUT2D eigenvalue weighted by Gasteiger charge is 2.11. The second kappa shape index (κ2) is 19.1. The molecular formula is C21H30N2O7. The third-order valence-electron chi connectivity index (χ3n) is 3.23. The molecule has 2 aromatic rings. The molecule has 9 nitrogen and oxygen atoms in total. The van der Waals surface area contributed by atoms with Gasteiger partial charge in [-0.05, 0) is 30.9 Å². The summed E-state index contributed by atoms with van der Waals surface area (Å²) < 4.78 is 0. The van der Waals surface area contributed by atoms with Crippen molar-refractivity contribution in [3.05, 3.63) is 71.8 Å². The number of aliphatic carboxylic acids is 2. The monoisotopic (exact) mass is 422 g/mol. The topological polar surface area (TPSA) is 184 Å². The molecule has 30 heavy (non-hydrogen) atoms. The number of nitrogens with two attached hydrogens (primary N) is 2. The Labute approximate surface area is 175 Å². The van der Waals surface area contributed by atoms with Gasteiger partial charge in [0.15, 0.2) is 0 Å². The Morgan fingerprint density at radius 1 is 0.833 bits per heavy atom. The van der Waals surface area contributed by atoms with E-state index in [9.17, 15) is 9.59 Å². The van der Waals surface area contributed by atoms with Crippen LogP contribution in [0.4, 0.5) is 0 Å². The third kappa shape index (κ3) is 16.9. The van der Waals surface area contributed by atoms with Crippen molar-refractivity contribution in [1.29, 1.82) is 0 Å². The van der Waals surface area contributed by atoms with Crippen LogP contribution in [0, 0.1) is 0 Å². The molecule has 2 aromatic carbocycles. The van der Waals surface area contributed by atoms with Crippen molar-refractivity contribution in [3.8, 4) is 0 Å². The maximum atomic E-state index is 10.4. The van der Waals surface area contributed by atoms with Gasteiger partial charge in [-0.2, -0.15) is 0 Å². The summed E-state index contributed by atoms with van der Waals surface area (Å²) in [5.74, 6) is -1.92. The van der Waals surface area contributed by atoms with Gasteiger partial charge in [0.05, 0.1) is 0 Å². The van der Waals surface area contributed by atoms with Crippen LogP contribution in [-0.4, -0.2) is 57.5 Å². The van der Waals surface area contributed by atoms with Crippen LogP contribution in [-0.2, 0) is 27.2 Å². The van der Waals surface area contributed by atoms with Gasteiger partial charge < -0.3 is 31.9 Å². The van der Waals surface area contributed by atoms with Gasteiger partial charge in [0, 0.05) is 6.61 Å². The highest BCUT2D eigenvalue weighted by molar-refractivity contribution is 5.73. The fourth-order valence-electron chi connectivity index (χ4n) is 1.91. The molecule has 166 valence electrons. The van der Waals surface area contributed by atoms with E-state index in [1.165, 1.54) is 0 Å². The van der Waals surface area contributed by atoms with Gasteiger partial charge in [0.1, 0.15) is 12.1 Å². The van der Waals surface area contributed by atoms with Crippen LogP contribution in [0.5, 0.6) is 0 Å². The van der Waals surface area contributed by atoms with E-state index in [0.717, 1.165) is 11.1 Å². The minimum absolute atomic E-state index is 0.250. The van der Waals surface area contributed by atoms with Gasteiger partial charge in [-0.3, -0.25) is 14.4 Å². The lowest BCUT2D eigenvalue weighted by atomic mass is 10.1. The van der Waals surface area contributed by atoms with Gasteiger partial charge in [-0.1, -0.05) is 60.7 Å². The number of benzene rings is 2. The van der Waals surface area contributed by atoms with Gasteiger partial charge in [0.25, 0.3) is 6.47 Å². The average molecular weight is 422 g/mol. The van der Waals surface area contributed by atoms with Gasteiger partial charge in [-0.25, -0.2) is 0 Å². The molecule has 0 aliphatic rings. The molecular weight excluding hydrogens is 392 g/mol. The van der Waals surface area contributed by atoms with Crippen LogP contribution in [0.3, 0.4) is 0 Å². The Bertz CT molecular complexity index is 640. The summed E-state index contributed by atoms with van der Waals surface area (Å²) in [5, 5.41) is 31.5. The Morgan fingerprint density at radius 2 is 1.07 bits per heavy atom. The second-order valence-corrected chi connectivity index (χ2v) is 5.69. The molecule has 0 saturated heterocycles. The number of rotatable bonds is 6. The van der Waals surface area contributed by atoms with Crippen molar-refractivity contribution in [2.24, 2.45) is 11.5 Å². The van der Waals surface area contributed by atoms with Gasteiger partial charge in [0.2, 0.25) is 0 Å². The van der Waals surface area contributed by atoms with E-state index in [0.29, 0.717) is 12.8 Å². The molecule has 0 amide bonds. The van der Waals surface area contributed by atoms with E-state index in [1.54, 1.807) is 6.92 Å². The molecule has 0 spiro atoms. The van der Waals surface area contributed by atoms with E-state index < -0.39 is 24.0 Å². The number of carboxylic acids is 2. The number of aliphatic hydroxyl groups excluding tert-OH is 1. The van der Waals surface area contributed by atoms with Crippen molar-refractivity contribution in [3.63, 3.8) is 0 Å². The minimum Gasteiger partial charge on any atom is -0.483 e. The first-order valence-electron chi connectivity index (χ1n) is 8.96. The zero-order valence-electron chi connectivity index (χ0n) is 16.8. The predicted molar refractivity (Wildman–Crippen MR) is 113 cm³/mol. The Balaban J connectivity index is 0. The fourth-order valence-corrected chi connectivity index (χ4v) is 1.91. The lowest BCUT2D eigenvalue weighted by molar-refractivity contribution is -0.139. The highest BCUT2D eigenvalue weighted by Crippen LogP contribution is 2.02. The molecule has 0 radical (unpaired) electrons. The molecule has 8 N–H and O–H groups in total. The van der Waals surface area contributed by atoms with Crippen molar-refractivity contribution < 1.29 is 34.8 Å². The molecule has 2 atom stereocenters. The maximum absolute atomic E-state index is 10.4. The first-order valence-corrected chi connectivity index (χ1v) is 8.96. The second-order valence-electron chi connectivity index (χ2n) is 5.69. The van der Waals surface area contributed by atoms with E-state index in [2.05, 4.69) is 0 Å². The highest BCUT2D eigenvalue weighted by atomic mass is 16.4. The summed E-state index contributed by atoms with van der Waals surface area (Å²) in [4.78, 5) is 29.1. The minimum atomic E-state index is -0.959. The number of hydrogen-bond donors (Lipinski definition) is 6. The number of carboxylic acid groups (broad SMARTS) is 3. The van der Waals surface area contributed by atoms with Gasteiger partial charge >= 0.3 is 11.9 Å². The smallest absolute Gasteiger partial charge is 0.320 e. The Kier molecular flexibility index (Phi) is 18.4. The lowest BCUT2D eigenvalue weighted by Crippen LogP contribution is -2.32. The first kappa shape index (κ1) is 28.9. The van der Waals surface area contributed by atoms with E-state index >= 15 is 0 Å². The largest absolute Gasteiger partial charge is 0.483 e. The van der Waals surface area contributed by atoms with Crippen molar-refractivity contribution in [2.45, 2.75) is 31.8 Å². The molecule has 0 aromatic heterocycles. The molecule has 0 saturated carbocycles.